The first-order valence-electron chi connectivity index (χ1n) is 8.89. The number of nitrogens with one attached hydrogen (secondary N) is 2. The van der Waals surface area contributed by atoms with Crippen molar-refractivity contribution in [2.75, 3.05) is 30.3 Å². The van der Waals surface area contributed by atoms with Crippen LogP contribution >= 0.6 is 53.5 Å². The zero-order chi connectivity index (χ0) is 20.4. The SMILES string of the molecule is O=C(CNc1cc(Cl)cc(Cl)c1)N1CCC(Nc2ncnc3c2ccn3SI)C1. The number of hydrogen-bond donors (Lipinski definition) is 2. The second-order valence-corrected chi connectivity index (χ2v) is 9.24. The van der Waals surface area contributed by atoms with Crippen LogP contribution in [0.25, 0.3) is 11.0 Å². The Kier molecular flexibility index (Phi) is 6.57. The predicted octanol–water partition coefficient (Wildman–Crippen LogP) is 4.71. The molecule has 1 aliphatic rings. The highest BCUT2D eigenvalue weighted by Gasteiger charge is 2.26. The molecule has 3 heterocycles. The van der Waals surface area contributed by atoms with Gasteiger partial charge in [0.2, 0.25) is 5.91 Å². The molecule has 152 valence electrons. The number of carbonyl (C=O) groups excluding carboxylic acids is 1. The lowest BCUT2D eigenvalue weighted by Gasteiger charge is -2.18. The number of aromatic nitrogens is 3. The highest BCUT2D eigenvalue weighted by molar-refractivity contribution is 14.2. The van der Waals surface area contributed by atoms with E-state index in [0.717, 1.165) is 29.0 Å². The summed E-state index contributed by atoms with van der Waals surface area (Å²) in [6.45, 7) is 1.52. The van der Waals surface area contributed by atoms with Gasteiger partial charge in [0.05, 0.1) is 11.9 Å². The Morgan fingerprint density at radius 1 is 1.28 bits per heavy atom. The first kappa shape index (κ1) is 20.8. The minimum atomic E-state index is 0.0331. The molecule has 0 saturated carbocycles. The molecule has 29 heavy (non-hydrogen) atoms. The molecule has 7 nitrogen and oxygen atoms in total. The number of fused-ring (bicyclic) bond motifs is 1. The average Bonchev–Trinajstić information content (AvgIpc) is 3.33. The maximum absolute atomic E-state index is 12.6. The van der Waals surface area contributed by atoms with Gasteiger partial charge in [-0.2, -0.15) is 0 Å². The van der Waals surface area contributed by atoms with Gasteiger partial charge in [0.25, 0.3) is 0 Å². The number of amides is 1. The fraction of sp³-hybridized carbons (Fsp3) is 0.278. The number of benzene rings is 1. The molecule has 1 atom stereocenters. The zero-order valence-electron chi connectivity index (χ0n) is 15.1. The Bertz CT molecular complexity index is 1030. The molecule has 1 amide bonds. The lowest BCUT2D eigenvalue weighted by atomic mass is 10.2. The molecule has 1 aromatic carbocycles. The largest absolute Gasteiger partial charge is 0.376 e. The number of hydrogen-bond acceptors (Lipinski definition) is 6. The maximum atomic E-state index is 12.6. The summed E-state index contributed by atoms with van der Waals surface area (Å²) in [4.78, 5) is 23.2. The topological polar surface area (TPSA) is 75.1 Å². The molecule has 1 saturated heterocycles. The molecule has 0 bridgehead atoms. The van der Waals surface area contributed by atoms with Gasteiger partial charge in [-0.15, -0.1) is 0 Å². The van der Waals surface area contributed by atoms with Crippen LogP contribution in [0.3, 0.4) is 0 Å². The molecule has 11 heteroatoms. The minimum Gasteiger partial charge on any atom is -0.376 e. The van der Waals surface area contributed by atoms with Crippen LogP contribution in [0.1, 0.15) is 6.42 Å². The summed E-state index contributed by atoms with van der Waals surface area (Å²) < 4.78 is 1.99. The summed E-state index contributed by atoms with van der Waals surface area (Å²) in [6, 6.07) is 7.30. The lowest BCUT2D eigenvalue weighted by molar-refractivity contribution is -0.128. The standard InChI is InChI=1S/C18H17Cl2IN6OS/c19-11-5-12(20)7-14(6-11)22-8-16(28)26-3-1-13(9-26)25-17-15-2-4-27(29-21)18(15)24-10-23-17/h2,4-7,10,13,22H,1,3,8-9H2,(H,23,24,25). The number of halogens is 3. The monoisotopic (exact) mass is 562 g/mol. The molecular weight excluding hydrogens is 546 g/mol. The Hall–Kier alpha value is -1.43. The van der Waals surface area contributed by atoms with Crippen LogP contribution in [-0.4, -0.2) is 50.4 Å². The smallest absolute Gasteiger partial charge is 0.241 e. The third-order valence-electron chi connectivity index (χ3n) is 4.71. The van der Waals surface area contributed by atoms with Crippen molar-refractivity contribution in [3.05, 3.63) is 46.8 Å². The Balaban J connectivity index is 1.35. The van der Waals surface area contributed by atoms with Gasteiger partial charge in [0.1, 0.15) is 12.1 Å². The van der Waals surface area contributed by atoms with E-state index in [9.17, 15) is 4.79 Å². The lowest BCUT2D eigenvalue weighted by Crippen LogP contribution is -2.35. The van der Waals surface area contributed by atoms with E-state index in [-0.39, 0.29) is 18.5 Å². The average molecular weight is 563 g/mol. The third-order valence-corrected chi connectivity index (χ3v) is 6.86. The quantitative estimate of drug-likeness (QED) is 0.424. The van der Waals surface area contributed by atoms with E-state index in [2.05, 4.69) is 41.8 Å². The number of rotatable bonds is 6. The van der Waals surface area contributed by atoms with Gasteiger partial charge in [-0.1, -0.05) is 23.2 Å². The van der Waals surface area contributed by atoms with E-state index < -0.39 is 0 Å². The Morgan fingerprint density at radius 3 is 2.83 bits per heavy atom. The summed E-state index contributed by atoms with van der Waals surface area (Å²) in [5.74, 6) is 0.830. The number of carbonyl (C=O) groups is 1. The predicted molar refractivity (Wildman–Crippen MR) is 128 cm³/mol. The second-order valence-electron chi connectivity index (χ2n) is 6.65. The van der Waals surface area contributed by atoms with Crippen molar-refractivity contribution in [1.82, 2.24) is 18.8 Å². The summed E-state index contributed by atoms with van der Waals surface area (Å²) in [5, 5.41) is 8.60. The van der Waals surface area contributed by atoms with Crippen LogP contribution in [-0.2, 0) is 4.79 Å². The maximum Gasteiger partial charge on any atom is 0.241 e. The van der Waals surface area contributed by atoms with Gasteiger partial charge in [-0.3, -0.25) is 8.77 Å². The molecule has 1 aliphatic heterocycles. The van der Waals surface area contributed by atoms with Crippen LogP contribution in [0.5, 0.6) is 0 Å². The Labute approximate surface area is 194 Å². The van der Waals surface area contributed by atoms with E-state index >= 15 is 0 Å². The summed E-state index contributed by atoms with van der Waals surface area (Å²) >= 11 is 14.2. The molecule has 1 unspecified atom stereocenters. The highest BCUT2D eigenvalue weighted by Crippen LogP contribution is 2.28. The molecule has 1 fully saturated rings. The fourth-order valence-electron chi connectivity index (χ4n) is 3.34. The zero-order valence-corrected chi connectivity index (χ0v) is 19.6. The molecule has 0 aliphatic carbocycles. The molecule has 4 rings (SSSR count). The van der Waals surface area contributed by atoms with Crippen molar-refractivity contribution >= 4 is 82.0 Å². The van der Waals surface area contributed by atoms with Gasteiger partial charge in [0, 0.05) is 71.4 Å². The van der Waals surface area contributed by atoms with Crippen molar-refractivity contribution in [3.8, 4) is 0 Å². The van der Waals surface area contributed by atoms with Gasteiger partial charge >= 0.3 is 0 Å². The molecule has 3 aromatic rings. The number of nitrogens with zero attached hydrogens (tertiary/aromatic N) is 4. The first-order valence-corrected chi connectivity index (χ1v) is 13.0. The number of likely N-dealkylation sites (tertiary alicyclic amines) is 1. The van der Waals surface area contributed by atoms with E-state index in [1.807, 2.05) is 21.1 Å². The van der Waals surface area contributed by atoms with E-state index in [1.54, 1.807) is 33.6 Å². The molecular formula is C18H17Cl2IN6OS. The molecule has 2 aromatic heterocycles. The second kappa shape index (κ2) is 9.15. The van der Waals surface area contributed by atoms with E-state index in [4.69, 9.17) is 23.2 Å². The van der Waals surface area contributed by atoms with E-state index in [0.29, 0.717) is 23.1 Å². The van der Waals surface area contributed by atoms with Crippen LogP contribution in [0, 0.1) is 0 Å². The molecule has 2 N–H and O–H groups in total. The van der Waals surface area contributed by atoms with Crippen molar-refractivity contribution in [3.63, 3.8) is 0 Å². The Morgan fingerprint density at radius 2 is 2.07 bits per heavy atom. The highest BCUT2D eigenvalue weighted by atomic mass is 127. The molecule has 0 radical (unpaired) electrons. The van der Waals surface area contributed by atoms with Crippen LogP contribution in [0.2, 0.25) is 10.0 Å². The first-order chi connectivity index (χ1) is 14.0. The van der Waals surface area contributed by atoms with Crippen LogP contribution in [0.4, 0.5) is 11.5 Å². The van der Waals surface area contributed by atoms with E-state index in [1.165, 1.54) is 0 Å². The van der Waals surface area contributed by atoms with Gasteiger partial charge in [-0.25, -0.2) is 9.97 Å². The normalized spacial score (nSPS) is 16.4. The molecule has 0 spiro atoms. The van der Waals surface area contributed by atoms with Crippen molar-refractivity contribution in [2.24, 2.45) is 0 Å². The summed E-state index contributed by atoms with van der Waals surface area (Å²) in [7, 11) is 1.56. The number of anilines is 2. The van der Waals surface area contributed by atoms with Gasteiger partial charge in [-0.05, 0) is 30.7 Å². The van der Waals surface area contributed by atoms with Crippen LogP contribution in [0.15, 0.2) is 36.8 Å². The van der Waals surface area contributed by atoms with Gasteiger partial charge in [0.15, 0.2) is 5.65 Å². The third kappa shape index (κ3) is 4.84. The van der Waals surface area contributed by atoms with Gasteiger partial charge < -0.3 is 15.5 Å². The van der Waals surface area contributed by atoms with Crippen molar-refractivity contribution < 1.29 is 4.79 Å². The summed E-state index contributed by atoms with van der Waals surface area (Å²) in [5.41, 5.74) is 1.60. The summed E-state index contributed by atoms with van der Waals surface area (Å²) in [6.07, 6.45) is 4.40. The van der Waals surface area contributed by atoms with Crippen molar-refractivity contribution in [1.29, 1.82) is 0 Å². The minimum absolute atomic E-state index is 0.0331. The van der Waals surface area contributed by atoms with Crippen molar-refractivity contribution in [2.45, 2.75) is 12.5 Å². The fourth-order valence-corrected chi connectivity index (χ4v) is 5.14. The van der Waals surface area contributed by atoms with Crippen LogP contribution < -0.4 is 10.6 Å².